The highest BCUT2D eigenvalue weighted by atomic mass is 32.1. The number of thiazole rings is 1. The van der Waals surface area contributed by atoms with Crippen LogP contribution in [0.1, 0.15) is 52.4 Å². The second-order valence-corrected chi connectivity index (χ2v) is 9.00. The molecule has 1 N–H and O–H groups in total. The highest BCUT2D eigenvalue weighted by molar-refractivity contribution is 7.14. The zero-order chi connectivity index (χ0) is 21.8. The van der Waals surface area contributed by atoms with Crippen LogP contribution in [0.3, 0.4) is 0 Å². The van der Waals surface area contributed by atoms with E-state index in [0.717, 1.165) is 40.6 Å². The maximum absolute atomic E-state index is 13.0. The Labute approximate surface area is 185 Å². The van der Waals surface area contributed by atoms with Crippen LogP contribution in [-0.4, -0.2) is 40.4 Å². The van der Waals surface area contributed by atoms with Gasteiger partial charge in [0.2, 0.25) is 0 Å². The van der Waals surface area contributed by atoms with Crippen LogP contribution in [0, 0.1) is 13.8 Å². The van der Waals surface area contributed by atoms with E-state index in [4.69, 9.17) is 9.47 Å². The fraction of sp³-hybridized carbons (Fsp3) is 0.391. The lowest BCUT2D eigenvalue weighted by atomic mass is 10.1. The summed E-state index contributed by atoms with van der Waals surface area (Å²) in [6.45, 7) is 7.03. The summed E-state index contributed by atoms with van der Waals surface area (Å²) in [6.07, 6.45) is 3.98. The van der Waals surface area contributed by atoms with Gasteiger partial charge < -0.3 is 14.8 Å². The van der Waals surface area contributed by atoms with Gasteiger partial charge in [-0.2, -0.15) is 10.2 Å². The molecule has 31 heavy (non-hydrogen) atoms. The summed E-state index contributed by atoms with van der Waals surface area (Å²) < 4.78 is 11.7. The number of hydrogen-bond donors (Lipinski definition) is 1. The molecular weight excluding hydrogens is 412 g/mol. The molecule has 7 nitrogen and oxygen atoms in total. The highest BCUT2D eigenvalue weighted by Gasteiger charge is 2.19. The second kappa shape index (κ2) is 9.53. The monoisotopic (exact) mass is 438 g/mol. The lowest BCUT2D eigenvalue weighted by Gasteiger charge is -2.16. The fourth-order valence-electron chi connectivity index (χ4n) is 3.38. The second-order valence-electron chi connectivity index (χ2n) is 7.76. The van der Waals surface area contributed by atoms with Crippen molar-refractivity contribution in [3.8, 4) is 16.3 Å². The van der Waals surface area contributed by atoms with Crippen LogP contribution in [0.4, 0.5) is 0 Å². The summed E-state index contributed by atoms with van der Waals surface area (Å²) in [5.41, 5.74) is 2.91. The van der Waals surface area contributed by atoms with E-state index in [-0.39, 0.29) is 18.1 Å². The summed E-state index contributed by atoms with van der Waals surface area (Å²) in [4.78, 5) is 18.6. The van der Waals surface area contributed by atoms with Crippen molar-refractivity contribution in [3.05, 3.63) is 58.4 Å². The van der Waals surface area contributed by atoms with Gasteiger partial charge in [0.1, 0.15) is 17.4 Å². The Balaban J connectivity index is 1.56. The first-order chi connectivity index (χ1) is 15.0. The number of carbonyl (C=O) groups is 1. The number of carbonyl (C=O) groups excluding carboxylic acids is 1. The van der Waals surface area contributed by atoms with E-state index in [2.05, 4.69) is 20.5 Å². The summed E-state index contributed by atoms with van der Waals surface area (Å²) in [6, 6.07) is 9.02. The minimum Gasteiger partial charge on any atom is -0.491 e. The van der Waals surface area contributed by atoms with Crippen LogP contribution in [0.15, 0.2) is 36.5 Å². The predicted octanol–water partition coefficient (Wildman–Crippen LogP) is 4.27. The van der Waals surface area contributed by atoms with Crippen molar-refractivity contribution in [2.45, 2.75) is 45.8 Å². The van der Waals surface area contributed by atoms with E-state index >= 15 is 0 Å². The number of aryl methyl sites for hydroxylation is 2. The summed E-state index contributed by atoms with van der Waals surface area (Å²) in [5, 5.41) is 12.1. The number of nitrogens with one attached hydrogen (secondary N) is 1. The molecule has 1 amide bonds. The van der Waals surface area contributed by atoms with Crippen molar-refractivity contribution in [1.29, 1.82) is 0 Å². The third kappa shape index (κ3) is 5.45. The molecule has 1 aromatic carbocycles. The first kappa shape index (κ1) is 21.4. The topological polar surface area (TPSA) is 86.2 Å². The van der Waals surface area contributed by atoms with Gasteiger partial charge in [0.25, 0.3) is 5.91 Å². The van der Waals surface area contributed by atoms with Crippen molar-refractivity contribution < 1.29 is 14.3 Å². The van der Waals surface area contributed by atoms with Crippen LogP contribution in [-0.2, 0) is 4.74 Å². The van der Waals surface area contributed by atoms with Gasteiger partial charge in [0.15, 0.2) is 0 Å². The molecule has 0 unspecified atom stereocenters. The standard InChI is InChI=1S/C23H26N4O3S/c1-14-6-7-21(27-26-14)16(3)25-22(28)17-9-18(23-24-12-15(2)31-23)11-20(10-17)30-13-19-5-4-8-29-19/h6-7,9-12,16,19H,4-5,8,13H2,1-3H3,(H,25,28)/t16-,19+/m1/s1. The van der Waals surface area contributed by atoms with E-state index in [9.17, 15) is 4.79 Å². The quantitative estimate of drug-likeness (QED) is 0.593. The van der Waals surface area contributed by atoms with E-state index < -0.39 is 0 Å². The first-order valence-electron chi connectivity index (χ1n) is 10.4. The van der Waals surface area contributed by atoms with Gasteiger partial charge in [-0.05, 0) is 63.9 Å². The number of nitrogens with zero attached hydrogens (tertiary/aromatic N) is 3. The molecule has 2 aromatic heterocycles. The molecule has 1 fully saturated rings. The molecule has 3 aromatic rings. The normalized spacial score (nSPS) is 16.8. The van der Waals surface area contributed by atoms with Gasteiger partial charge in [0.05, 0.1) is 23.5 Å². The van der Waals surface area contributed by atoms with Gasteiger partial charge in [-0.25, -0.2) is 4.98 Å². The Morgan fingerprint density at radius 2 is 2.16 bits per heavy atom. The minimum atomic E-state index is -0.275. The van der Waals surface area contributed by atoms with Gasteiger partial charge in [0, 0.05) is 28.8 Å². The zero-order valence-corrected chi connectivity index (χ0v) is 18.7. The highest BCUT2D eigenvalue weighted by Crippen LogP contribution is 2.30. The Morgan fingerprint density at radius 3 is 2.84 bits per heavy atom. The van der Waals surface area contributed by atoms with Gasteiger partial charge in [-0.15, -0.1) is 11.3 Å². The molecular formula is C23H26N4O3S. The van der Waals surface area contributed by atoms with E-state index in [1.165, 1.54) is 0 Å². The van der Waals surface area contributed by atoms with Crippen molar-refractivity contribution in [1.82, 2.24) is 20.5 Å². The van der Waals surface area contributed by atoms with Crippen molar-refractivity contribution in [2.75, 3.05) is 13.2 Å². The number of amides is 1. The number of hydrogen-bond acceptors (Lipinski definition) is 7. The van der Waals surface area contributed by atoms with Crippen molar-refractivity contribution in [2.24, 2.45) is 0 Å². The molecule has 1 saturated heterocycles. The van der Waals surface area contributed by atoms with Gasteiger partial charge >= 0.3 is 0 Å². The van der Waals surface area contributed by atoms with Crippen LogP contribution in [0.2, 0.25) is 0 Å². The lowest BCUT2D eigenvalue weighted by Crippen LogP contribution is -2.27. The van der Waals surface area contributed by atoms with Crippen molar-refractivity contribution >= 4 is 17.2 Å². The van der Waals surface area contributed by atoms with E-state index in [1.807, 2.05) is 51.2 Å². The number of rotatable bonds is 7. The Morgan fingerprint density at radius 1 is 1.29 bits per heavy atom. The predicted molar refractivity (Wildman–Crippen MR) is 119 cm³/mol. The molecule has 8 heteroatoms. The molecule has 0 bridgehead atoms. The number of ether oxygens (including phenoxy) is 2. The smallest absolute Gasteiger partial charge is 0.251 e. The average Bonchev–Trinajstić information content (AvgIpc) is 3.44. The largest absolute Gasteiger partial charge is 0.491 e. The maximum Gasteiger partial charge on any atom is 0.251 e. The fourth-order valence-corrected chi connectivity index (χ4v) is 4.14. The number of benzene rings is 1. The molecule has 3 heterocycles. The molecule has 0 spiro atoms. The van der Waals surface area contributed by atoms with Gasteiger partial charge in [-0.3, -0.25) is 4.79 Å². The maximum atomic E-state index is 13.0. The Hall–Kier alpha value is -2.84. The van der Waals surface area contributed by atoms with Crippen LogP contribution >= 0.6 is 11.3 Å². The summed E-state index contributed by atoms with van der Waals surface area (Å²) >= 11 is 1.58. The summed E-state index contributed by atoms with van der Waals surface area (Å²) in [7, 11) is 0. The van der Waals surface area contributed by atoms with Crippen molar-refractivity contribution in [3.63, 3.8) is 0 Å². The van der Waals surface area contributed by atoms with E-state index in [0.29, 0.717) is 23.6 Å². The number of aromatic nitrogens is 3. The molecule has 0 aliphatic carbocycles. The Kier molecular flexibility index (Phi) is 6.58. The third-order valence-corrected chi connectivity index (χ3v) is 6.07. The molecule has 2 atom stereocenters. The van der Waals surface area contributed by atoms with Crippen LogP contribution < -0.4 is 10.1 Å². The third-order valence-electron chi connectivity index (χ3n) is 5.11. The zero-order valence-electron chi connectivity index (χ0n) is 17.9. The average molecular weight is 439 g/mol. The molecule has 1 aliphatic rings. The van der Waals surface area contributed by atoms with Gasteiger partial charge in [-0.1, -0.05) is 0 Å². The molecule has 1 aliphatic heterocycles. The SMILES string of the molecule is Cc1ccc([C@@H](C)NC(=O)c2cc(OC[C@@H]3CCCO3)cc(-c3ncc(C)s3)c2)nn1. The first-order valence-corrected chi connectivity index (χ1v) is 11.2. The molecule has 4 rings (SSSR count). The Bertz CT molecular complexity index is 1050. The lowest BCUT2D eigenvalue weighted by molar-refractivity contribution is 0.0679. The van der Waals surface area contributed by atoms with Crippen LogP contribution in [0.5, 0.6) is 5.75 Å². The molecule has 162 valence electrons. The van der Waals surface area contributed by atoms with E-state index in [1.54, 1.807) is 17.4 Å². The molecule has 0 saturated carbocycles. The summed E-state index contributed by atoms with van der Waals surface area (Å²) in [5.74, 6) is 0.431. The molecule has 0 radical (unpaired) electrons. The minimum absolute atomic E-state index is 0.100. The van der Waals surface area contributed by atoms with Crippen LogP contribution in [0.25, 0.3) is 10.6 Å².